The number of aliphatic carboxylic acids is 1. The largest absolute Gasteiger partial charge is 0.480 e. The molecule has 108 valence electrons. The van der Waals surface area contributed by atoms with Crippen LogP contribution in [0.2, 0.25) is 0 Å². The van der Waals surface area contributed by atoms with E-state index in [1.807, 2.05) is 0 Å². The molecule has 0 aromatic carbocycles. The van der Waals surface area contributed by atoms with Crippen LogP contribution in [-0.4, -0.2) is 35.2 Å². The average molecular weight is 269 g/mol. The topological polar surface area (TPSA) is 75.6 Å². The van der Waals surface area contributed by atoms with Crippen LogP contribution in [0.15, 0.2) is 0 Å². The van der Waals surface area contributed by atoms with E-state index in [9.17, 15) is 14.7 Å². The van der Waals surface area contributed by atoms with Crippen molar-refractivity contribution >= 4 is 11.9 Å². The van der Waals surface area contributed by atoms with Crippen LogP contribution >= 0.6 is 0 Å². The zero-order chi connectivity index (χ0) is 13.9. The summed E-state index contributed by atoms with van der Waals surface area (Å²) in [6.07, 6.45) is 6.22. The molecule has 0 spiro atoms. The number of nitrogens with one attached hydrogen (secondary N) is 1. The van der Waals surface area contributed by atoms with Gasteiger partial charge in [-0.05, 0) is 51.4 Å². The molecule has 0 radical (unpaired) electrons. The van der Waals surface area contributed by atoms with Gasteiger partial charge in [-0.3, -0.25) is 4.79 Å². The second kappa shape index (κ2) is 5.90. The molecule has 1 amide bonds. The van der Waals surface area contributed by atoms with Crippen LogP contribution < -0.4 is 5.32 Å². The SMILES string of the molecule is CC(NC(=O)CCC1CCCCO1)(C(=O)O)C1CC1. The normalized spacial score (nSPS) is 26.5. The van der Waals surface area contributed by atoms with Gasteiger partial charge in [0.1, 0.15) is 5.54 Å². The fourth-order valence-electron chi connectivity index (χ4n) is 2.67. The Labute approximate surface area is 113 Å². The van der Waals surface area contributed by atoms with Crippen molar-refractivity contribution < 1.29 is 19.4 Å². The third kappa shape index (κ3) is 3.69. The molecule has 2 N–H and O–H groups in total. The molecule has 1 saturated carbocycles. The van der Waals surface area contributed by atoms with Gasteiger partial charge in [0.25, 0.3) is 0 Å². The lowest BCUT2D eigenvalue weighted by Crippen LogP contribution is -2.54. The third-order valence-electron chi connectivity index (χ3n) is 4.20. The Bertz CT molecular complexity index is 347. The standard InChI is InChI=1S/C14H23NO4/c1-14(13(17)18,10-5-6-10)15-12(16)8-7-11-4-2-3-9-19-11/h10-11H,2-9H2,1H3,(H,15,16)(H,17,18). The Kier molecular flexibility index (Phi) is 4.45. The van der Waals surface area contributed by atoms with Crippen LogP contribution in [0.4, 0.5) is 0 Å². The van der Waals surface area contributed by atoms with Gasteiger partial charge in [-0.25, -0.2) is 4.79 Å². The minimum atomic E-state index is -1.09. The van der Waals surface area contributed by atoms with Crippen molar-refractivity contribution in [2.24, 2.45) is 5.92 Å². The quantitative estimate of drug-likeness (QED) is 0.769. The lowest BCUT2D eigenvalue weighted by atomic mass is 9.95. The highest BCUT2D eigenvalue weighted by Crippen LogP contribution is 2.39. The number of hydrogen-bond donors (Lipinski definition) is 2. The Morgan fingerprint density at radius 1 is 1.32 bits per heavy atom. The second-order valence-electron chi connectivity index (χ2n) is 5.86. The fraction of sp³-hybridized carbons (Fsp3) is 0.857. The molecule has 0 bridgehead atoms. The summed E-state index contributed by atoms with van der Waals surface area (Å²) in [4.78, 5) is 23.2. The van der Waals surface area contributed by atoms with Gasteiger partial charge in [0.15, 0.2) is 0 Å². The summed E-state index contributed by atoms with van der Waals surface area (Å²) in [5.74, 6) is -1.02. The summed E-state index contributed by atoms with van der Waals surface area (Å²) in [5.41, 5.74) is -1.09. The lowest BCUT2D eigenvalue weighted by Gasteiger charge is -2.27. The third-order valence-corrected chi connectivity index (χ3v) is 4.20. The van der Waals surface area contributed by atoms with Crippen LogP contribution in [0.5, 0.6) is 0 Å². The number of rotatable bonds is 6. The molecule has 2 atom stereocenters. The van der Waals surface area contributed by atoms with E-state index < -0.39 is 11.5 Å². The van der Waals surface area contributed by atoms with Crippen molar-refractivity contribution in [1.29, 1.82) is 0 Å². The smallest absolute Gasteiger partial charge is 0.329 e. The number of carbonyl (C=O) groups excluding carboxylic acids is 1. The van der Waals surface area contributed by atoms with E-state index in [0.717, 1.165) is 38.7 Å². The van der Waals surface area contributed by atoms with Gasteiger partial charge in [-0.2, -0.15) is 0 Å². The number of amides is 1. The molecule has 2 fully saturated rings. The summed E-state index contributed by atoms with van der Waals surface area (Å²) < 4.78 is 5.57. The Hall–Kier alpha value is -1.10. The number of hydrogen-bond acceptors (Lipinski definition) is 3. The second-order valence-corrected chi connectivity index (χ2v) is 5.86. The van der Waals surface area contributed by atoms with Crippen molar-refractivity contribution in [3.8, 4) is 0 Å². The first-order chi connectivity index (χ1) is 9.02. The first-order valence-corrected chi connectivity index (χ1v) is 7.18. The Morgan fingerprint density at radius 2 is 2.05 bits per heavy atom. The van der Waals surface area contributed by atoms with Crippen molar-refractivity contribution in [3.05, 3.63) is 0 Å². The van der Waals surface area contributed by atoms with Gasteiger partial charge in [-0.15, -0.1) is 0 Å². The molecule has 1 saturated heterocycles. The summed E-state index contributed by atoms with van der Waals surface area (Å²) in [7, 11) is 0. The molecule has 1 aliphatic heterocycles. The molecule has 2 aliphatic rings. The summed E-state index contributed by atoms with van der Waals surface area (Å²) in [5, 5.41) is 12.0. The van der Waals surface area contributed by atoms with Gasteiger partial charge < -0.3 is 15.2 Å². The highest BCUT2D eigenvalue weighted by Gasteiger charge is 2.48. The molecule has 5 heteroatoms. The van der Waals surface area contributed by atoms with E-state index in [4.69, 9.17) is 4.74 Å². The molecule has 0 aromatic heterocycles. The van der Waals surface area contributed by atoms with Gasteiger partial charge in [0.05, 0.1) is 6.10 Å². The number of carboxylic acids is 1. The maximum atomic E-state index is 11.9. The van der Waals surface area contributed by atoms with Crippen molar-refractivity contribution in [2.45, 2.75) is 63.5 Å². The first kappa shape index (κ1) is 14.3. The summed E-state index contributed by atoms with van der Waals surface area (Å²) in [6.45, 7) is 2.39. The van der Waals surface area contributed by atoms with Gasteiger partial charge in [0, 0.05) is 13.0 Å². The number of carboxylic acid groups (broad SMARTS) is 1. The molecule has 0 aromatic rings. The van der Waals surface area contributed by atoms with Crippen molar-refractivity contribution in [3.63, 3.8) is 0 Å². The molecule has 2 rings (SSSR count). The minimum Gasteiger partial charge on any atom is -0.480 e. The van der Waals surface area contributed by atoms with Crippen molar-refractivity contribution in [1.82, 2.24) is 5.32 Å². The van der Waals surface area contributed by atoms with Gasteiger partial charge in [-0.1, -0.05) is 0 Å². The molecular formula is C14H23NO4. The fourth-order valence-corrected chi connectivity index (χ4v) is 2.67. The average Bonchev–Trinajstić information content (AvgIpc) is 3.22. The Morgan fingerprint density at radius 3 is 2.58 bits per heavy atom. The van der Waals surface area contributed by atoms with Crippen LogP contribution in [-0.2, 0) is 14.3 Å². The number of carbonyl (C=O) groups is 2. The molecule has 2 unspecified atom stereocenters. The van der Waals surface area contributed by atoms with Crippen LogP contribution in [0.25, 0.3) is 0 Å². The molecule has 5 nitrogen and oxygen atoms in total. The van der Waals surface area contributed by atoms with E-state index in [0.29, 0.717) is 12.8 Å². The van der Waals surface area contributed by atoms with E-state index >= 15 is 0 Å². The molecule has 1 heterocycles. The highest BCUT2D eigenvalue weighted by atomic mass is 16.5. The van der Waals surface area contributed by atoms with E-state index in [2.05, 4.69) is 5.32 Å². The van der Waals surface area contributed by atoms with Crippen LogP contribution in [0, 0.1) is 5.92 Å². The summed E-state index contributed by atoms with van der Waals surface area (Å²) in [6, 6.07) is 0. The first-order valence-electron chi connectivity index (χ1n) is 7.18. The van der Waals surface area contributed by atoms with E-state index in [1.54, 1.807) is 6.92 Å². The van der Waals surface area contributed by atoms with Crippen LogP contribution in [0.3, 0.4) is 0 Å². The van der Waals surface area contributed by atoms with Gasteiger partial charge in [0.2, 0.25) is 5.91 Å². The monoisotopic (exact) mass is 269 g/mol. The van der Waals surface area contributed by atoms with E-state index in [1.165, 1.54) is 0 Å². The van der Waals surface area contributed by atoms with Crippen LogP contribution in [0.1, 0.15) is 51.9 Å². The summed E-state index contributed by atoms with van der Waals surface area (Å²) >= 11 is 0. The molecular weight excluding hydrogens is 246 g/mol. The zero-order valence-electron chi connectivity index (χ0n) is 11.5. The predicted octanol–water partition coefficient (Wildman–Crippen LogP) is 1.71. The number of ether oxygens (including phenoxy) is 1. The predicted molar refractivity (Wildman–Crippen MR) is 69.7 cm³/mol. The zero-order valence-corrected chi connectivity index (χ0v) is 11.5. The van der Waals surface area contributed by atoms with E-state index in [-0.39, 0.29) is 17.9 Å². The molecule has 1 aliphatic carbocycles. The lowest BCUT2D eigenvalue weighted by molar-refractivity contribution is -0.148. The maximum Gasteiger partial charge on any atom is 0.329 e. The minimum absolute atomic E-state index is 0.0832. The molecule has 19 heavy (non-hydrogen) atoms. The Balaban J connectivity index is 1.77. The maximum absolute atomic E-state index is 11.9. The van der Waals surface area contributed by atoms with Crippen molar-refractivity contribution in [2.75, 3.05) is 6.61 Å². The van der Waals surface area contributed by atoms with Gasteiger partial charge >= 0.3 is 5.97 Å². The highest BCUT2D eigenvalue weighted by molar-refractivity contribution is 5.87.